The number of nitrogens with one attached hydrogen (secondary N) is 2. The Balaban J connectivity index is 1.52. The minimum absolute atomic E-state index is 0.479. The Labute approximate surface area is 237 Å². The maximum Gasteiger partial charge on any atom is 0.164 e. The summed E-state index contributed by atoms with van der Waals surface area (Å²) in [6.45, 7) is -0.643. The van der Waals surface area contributed by atoms with Gasteiger partial charge in [0.1, 0.15) is 29.3 Å². The monoisotopic (exact) mass is 546 g/mol. The van der Waals surface area contributed by atoms with E-state index in [0.29, 0.717) is 56.8 Å². The topological polar surface area (TPSA) is 109 Å². The lowest BCUT2D eigenvalue weighted by molar-refractivity contribution is 0.488. The summed E-state index contributed by atoms with van der Waals surface area (Å²) >= 11 is 0. The van der Waals surface area contributed by atoms with Gasteiger partial charge in [0.05, 0.1) is 0 Å². The van der Waals surface area contributed by atoms with Gasteiger partial charge >= 0.3 is 0 Å². The number of hydrogen-bond acceptors (Lipinski definition) is 6. The molecular formula is C33H19FN8. The van der Waals surface area contributed by atoms with Crippen molar-refractivity contribution < 1.29 is 4.39 Å². The van der Waals surface area contributed by atoms with Crippen molar-refractivity contribution in [1.82, 2.24) is 39.9 Å². The molecule has 4 aromatic carbocycles. The van der Waals surface area contributed by atoms with Crippen LogP contribution in [0.25, 0.3) is 89.7 Å². The van der Waals surface area contributed by atoms with Crippen molar-refractivity contribution >= 4 is 44.1 Å². The second kappa shape index (κ2) is 8.58. The van der Waals surface area contributed by atoms with Crippen molar-refractivity contribution in [1.29, 1.82) is 0 Å². The van der Waals surface area contributed by atoms with Crippen molar-refractivity contribution in [2.45, 2.75) is 6.67 Å². The standard InChI is InChI=1S/C33H19FN8/c34-16-17-8-7-15-24-25(17)33-41-31-23-14-6-5-13-22(23)29(39-31)37-27-19-10-2-1-9-18(19)26(35-27)36-28-20-11-3-4-12-21(20)30(38-28)40-32(24)42-33/h1-15H,16H2,(H2,35,36,37,38,39,40,41,42). The molecule has 3 aromatic heterocycles. The fourth-order valence-corrected chi connectivity index (χ4v) is 5.87. The molecule has 0 aliphatic carbocycles. The molecule has 42 heavy (non-hydrogen) atoms. The average molecular weight is 547 g/mol. The van der Waals surface area contributed by atoms with Crippen molar-refractivity contribution in [3.05, 3.63) is 96.6 Å². The Morgan fingerprint density at radius 1 is 0.429 bits per heavy atom. The summed E-state index contributed by atoms with van der Waals surface area (Å²) in [5, 5.41) is 3.25. The number of aromatic amines is 2. The van der Waals surface area contributed by atoms with Crippen LogP contribution in [0.5, 0.6) is 0 Å². The van der Waals surface area contributed by atoms with Crippen LogP contribution in [-0.4, -0.2) is 39.9 Å². The smallest absolute Gasteiger partial charge is 0.164 e. The Morgan fingerprint density at radius 3 is 1.33 bits per heavy atom. The van der Waals surface area contributed by atoms with Gasteiger partial charge in [-0.05, 0) is 5.56 Å². The molecule has 0 radical (unpaired) electrons. The lowest BCUT2D eigenvalue weighted by atomic mass is 10.1. The molecule has 2 aliphatic rings. The zero-order valence-corrected chi connectivity index (χ0v) is 21.9. The lowest BCUT2D eigenvalue weighted by Gasteiger charge is -1.98. The molecule has 198 valence electrons. The first kappa shape index (κ1) is 22.9. The first-order chi connectivity index (χ1) is 20.7. The van der Waals surface area contributed by atoms with Gasteiger partial charge in [-0.3, -0.25) is 0 Å². The molecule has 0 atom stereocenters. The molecule has 0 saturated heterocycles. The van der Waals surface area contributed by atoms with Crippen molar-refractivity contribution in [2.75, 3.05) is 0 Å². The zero-order chi connectivity index (χ0) is 27.8. The SMILES string of the molecule is FCc1cccc2c3nc4nc(nc5[nH]c(nc6nc(nc([nH]3)c12)-c1ccccc1-6)c1ccccc51)-c1ccccc1-4. The van der Waals surface area contributed by atoms with Gasteiger partial charge in [-0.15, -0.1) is 0 Å². The largest absolute Gasteiger partial charge is 0.324 e. The number of rotatable bonds is 1. The summed E-state index contributed by atoms with van der Waals surface area (Å²) < 4.78 is 14.3. The highest BCUT2D eigenvalue weighted by Crippen LogP contribution is 2.37. The first-order valence-corrected chi connectivity index (χ1v) is 13.5. The minimum atomic E-state index is -0.643. The van der Waals surface area contributed by atoms with Crippen LogP contribution in [0.2, 0.25) is 0 Å². The second-order valence-corrected chi connectivity index (χ2v) is 10.2. The molecule has 8 nitrogen and oxygen atoms in total. The van der Waals surface area contributed by atoms with Crippen LogP contribution in [0, 0.1) is 0 Å². The first-order valence-electron chi connectivity index (χ1n) is 13.5. The van der Waals surface area contributed by atoms with Crippen molar-refractivity contribution in [3.8, 4) is 45.6 Å². The zero-order valence-electron chi connectivity index (χ0n) is 21.9. The van der Waals surface area contributed by atoms with Gasteiger partial charge in [0.15, 0.2) is 23.3 Å². The molecule has 5 heterocycles. The molecule has 9 heteroatoms. The van der Waals surface area contributed by atoms with Crippen LogP contribution in [0.4, 0.5) is 4.39 Å². The van der Waals surface area contributed by atoms with Crippen LogP contribution >= 0.6 is 0 Å². The van der Waals surface area contributed by atoms with Crippen LogP contribution < -0.4 is 0 Å². The van der Waals surface area contributed by atoms with E-state index in [1.54, 1.807) is 6.07 Å². The van der Waals surface area contributed by atoms with Crippen LogP contribution in [0.3, 0.4) is 0 Å². The third-order valence-corrected chi connectivity index (χ3v) is 7.81. The van der Waals surface area contributed by atoms with Gasteiger partial charge in [-0.25, -0.2) is 34.3 Å². The third-order valence-electron chi connectivity index (χ3n) is 7.81. The van der Waals surface area contributed by atoms with Gasteiger partial charge in [0.2, 0.25) is 0 Å². The van der Waals surface area contributed by atoms with Gasteiger partial charge in [-0.2, -0.15) is 0 Å². The highest BCUT2D eigenvalue weighted by atomic mass is 19.1. The lowest BCUT2D eigenvalue weighted by Crippen LogP contribution is -1.84. The van der Waals surface area contributed by atoms with Crippen LogP contribution in [0.1, 0.15) is 5.56 Å². The van der Waals surface area contributed by atoms with Crippen LogP contribution in [0.15, 0.2) is 91.0 Å². The highest BCUT2D eigenvalue weighted by Gasteiger charge is 2.22. The Morgan fingerprint density at radius 2 is 0.833 bits per heavy atom. The van der Waals surface area contributed by atoms with E-state index in [4.69, 9.17) is 29.9 Å². The summed E-state index contributed by atoms with van der Waals surface area (Å²) in [7, 11) is 0. The number of halogens is 1. The number of benzene rings is 4. The van der Waals surface area contributed by atoms with E-state index in [2.05, 4.69) is 9.97 Å². The second-order valence-electron chi connectivity index (χ2n) is 10.2. The van der Waals surface area contributed by atoms with E-state index in [9.17, 15) is 4.39 Å². The summed E-state index contributed by atoms with van der Waals surface area (Å²) in [6, 6.07) is 29.2. The molecule has 8 bridgehead atoms. The predicted molar refractivity (Wildman–Crippen MR) is 161 cm³/mol. The van der Waals surface area contributed by atoms with Crippen molar-refractivity contribution in [3.63, 3.8) is 0 Å². The summed E-state index contributed by atoms with van der Waals surface area (Å²) in [5.74, 6) is 2.07. The molecule has 7 aromatic rings. The normalized spacial score (nSPS) is 12.0. The summed E-state index contributed by atoms with van der Waals surface area (Å²) in [6.07, 6.45) is 0. The van der Waals surface area contributed by atoms with E-state index in [1.165, 1.54) is 0 Å². The third kappa shape index (κ3) is 3.27. The predicted octanol–water partition coefficient (Wildman–Crippen LogP) is 7.34. The van der Waals surface area contributed by atoms with Gasteiger partial charge in [-0.1, -0.05) is 91.0 Å². The minimum Gasteiger partial charge on any atom is -0.324 e. The van der Waals surface area contributed by atoms with E-state index in [1.807, 2.05) is 84.9 Å². The number of H-pyrrole nitrogens is 2. The van der Waals surface area contributed by atoms with Gasteiger partial charge in [0.25, 0.3) is 0 Å². The summed E-state index contributed by atoms with van der Waals surface area (Å²) in [4.78, 5) is 36.4. The fourth-order valence-electron chi connectivity index (χ4n) is 5.87. The Bertz CT molecular complexity index is 2420. The number of nitrogens with zero attached hydrogens (tertiary/aromatic N) is 6. The van der Waals surface area contributed by atoms with Gasteiger partial charge < -0.3 is 9.97 Å². The summed E-state index contributed by atoms with van der Waals surface area (Å²) in [5.41, 5.74) is 6.25. The quantitative estimate of drug-likeness (QED) is 0.223. The van der Waals surface area contributed by atoms with E-state index in [-0.39, 0.29) is 0 Å². The molecule has 0 fully saturated rings. The number of alkyl halides is 1. The molecule has 2 aliphatic heterocycles. The average Bonchev–Trinajstić information content (AvgIpc) is 3.76. The number of aromatic nitrogens is 8. The number of fused-ring (bicyclic) bond motifs is 20. The Hall–Kier alpha value is -5.83. The molecule has 2 N–H and O–H groups in total. The molecule has 0 saturated carbocycles. The molecule has 9 rings (SSSR count). The molecule has 0 spiro atoms. The highest BCUT2D eigenvalue weighted by molar-refractivity contribution is 6.07. The fraction of sp³-hybridized carbons (Fsp3) is 0.0303. The van der Waals surface area contributed by atoms with Crippen molar-refractivity contribution in [2.24, 2.45) is 0 Å². The van der Waals surface area contributed by atoms with E-state index < -0.39 is 6.67 Å². The number of hydrogen-bond donors (Lipinski definition) is 2. The van der Waals surface area contributed by atoms with E-state index >= 15 is 0 Å². The molecule has 0 unspecified atom stereocenters. The molecular weight excluding hydrogens is 527 g/mol. The van der Waals surface area contributed by atoms with Gasteiger partial charge in [0, 0.05) is 43.8 Å². The Kier molecular flexibility index (Phi) is 4.69. The molecule has 0 amide bonds. The van der Waals surface area contributed by atoms with Crippen LogP contribution in [-0.2, 0) is 6.67 Å². The van der Waals surface area contributed by atoms with E-state index in [0.717, 1.165) is 38.4 Å². The maximum absolute atomic E-state index is 14.3. The maximum atomic E-state index is 14.3.